The molecular formula is C23H21N7O2. The molecule has 32 heavy (non-hydrogen) atoms. The van der Waals surface area contributed by atoms with E-state index in [1.165, 1.54) is 13.4 Å². The van der Waals surface area contributed by atoms with Crippen LogP contribution in [0.4, 0.5) is 0 Å². The molecule has 0 aliphatic carbocycles. The van der Waals surface area contributed by atoms with Crippen molar-refractivity contribution in [1.82, 2.24) is 35.1 Å². The third-order valence-corrected chi connectivity index (χ3v) is 5.44. The molecule has 9 nitrogen and oxygen atoms in total. The van der Waals surface area contributed by atoms with Gasteiger partial charge in [-0.1, -0.05) is 6.07 Å². The Hall–Kier alpha value is -3.98. The van der Waals surface area contributed by atoms with Crippen LogP contribution >= 0.6 is 0 Å². The van der Waals surface area contributed by atoms with Crippen molar-refractivity contribution in [3.8, 4) is 28.4 Å². The summed E-state index contributed by atoms with van der Waals surface area (Å²) in [5.41, 5.74) is 4.56. The lowest BCUT2D eigenvalue weighted by Crippen LogP contribution is -2.46. The van der Waals surface area contributed by atoms with E-state index in [-0.39, 0.29) is 5.91 Å². The van der Waals surface area contributed by atoms with Crippen LogP contribution in [0.2, 0.25) is 0 Å². The Morgan fingerprint density at radius 2 is 1.75 bits per heavy atom. The van der Waals surface area contributed by atoms with E-state index in [0.717, 1.165) is 46.4 Å². The number of aromatic nitrogens is 5. The molecule has 5 rings (SSSR count). The van der Waals surface area contributed by atoms with Crippen LogP contribution in [0, 0.1) is 0 Å². The third-order valence-electron chi connectivity index (χ3n) is 5.44. The number of amides is 1. The first-order valence-electron chi connectivity index (χ1n) is 10.3. The SMILES string of the molecule is COc1ncc(-c2ccc3ncnc(-c4ccnc(C(=O)N5CCNCC5)c4)c3c2)cn1. The summed E-state index contributed by atoms with van der Waals surface area (Å²) in [6, 6.07) is 9.89. The minimum absolute atomic E-state index is 0.0669. The van der Waals surface area contributed by atoms with Crippen LogP contribution in [0.3, 0.4) is 0 Å². The summed E-state index contributed by atoms with van der Waals surface area (Å²) >= 11 is 0. The molecule has 160 valence electrons. The molecule has 1 fully saturated rings. The molecule has 4 aromatic rings. The maximum atomic E-state index is 12.9. The van der Waals surface area contributed by atoms with Gasteiger partial charge >= 0.3 is 6.01 Å². The molecule has 1 amide bonds. The van der Waals surface area contributed by atoms with Gasteiger partial charge in [-0.2, -0.15) is 0 Å². The third kappa shape index (κ3) is 3.85. The number of nitrogens with zero attached hydrogens (tertiary/aromatic N) is 6. The van der Waals surface area contributed by atoms with Gasteiger partial charge in [-0.15, -0.1) is 0 Å². The quantitative estimate of drug-likeness (QED) is 0.528. The molecule has 9 heteroatoms. The fourth-order valence-corrected chi connectivity index (χ4v) is 3.76. The number of hydrogen-bond donors (Lipinski definition) is 1. The molecule has 1 N–H and O–H groups in total. The largest absolute Gasteiger partial charge is 0.467 e. The lowest BCUT2D eigenvalue weighted by atomic mass is 10.0. The maximum Gasteiger partial charge on any atom is 0.316 e. The van der Waals surface area contributed by atoms with Crippen LogP contribution < -0.4 is 10.1 Å². The van der Waals surface area contributed by atoms with Crippen molar-refractivity contribution in [2.75, 3.05) is 33.3 Å². The van der Waals surface area contributed by atoms with Crippen molar-refractivity contribution in [3.05, 3.63) is 60.9 Å². The normalized spacial score (nSPS) is 13.8. The molecule has 0 spiro atoms. The fourth-order valence-electron chi connectivity index (χ4n) is 3.76. The van der Waals surface area contributed by atoms with Crippen LogP contribution in [-0.4, -0.2) is 69.0 Å². The summed E-state index contributed by atoms with van der Waals surface area (Å²) in [7, 11) is 1.53. The fraction of sp³-hybridized carbons (Fsp3) is 0.217. The van der Waals surface area contributed by atoms with Crippen molar-refractivity contribution in [2.45, 2.75) is 0 Å². The number of benzene rings is 1. The van der Waals surface area contributed by atoms with Crippen molar-refractivity contribution >= 4 is 16.8 Å². The predicted octanol–water partition coefficient (Wildman–Crippen LogP) is 2.20. The highest BCUT2D eigenvalue weighted by Crippen LogP contribution is 2.30. The Balaban J connectivity index is 1.54. The summed E-state index contributed by atoms with van der Waals surface area (Å²) in [4.78, 5) is 36.4. The maximum absolute atomic E-state index is 12.9. The van der Waals surface area contributed by atoms with Gasteiger partial charge in [0.15, 0.2) is 0 Å². The average molecular weight is 427 g/mol. The number of piperazine rings is 1. The zero-order chi connectivity index (χ0) is 21.9. The van der Waals surface area contributed by atoms with E-state index >= 15 is 0 Å². The van der Waals surface area contributed by atoms with E-state index < -0.39 is 0 Å². The van der Waals surface area contributed by atoms with E-state index in [4.69, 9.17) is 4.74 Å². The zero-order valence-corrected chi connectivity index (χ0v) is 17.5. The van der Waals surface area contributed by atoms with Gasteiger partial charge in [-0.05, 0) is 29.8 Å². The Morgan fingerprint density at radius 3 is 2.53 bits per heavy atom. The second-order valence-electron chi connectivity index (χ2n) is 7.38. The Labute approximate surface area is 184 Å². The molecule has 0 radical (unpaired) electrons. The molecule has 1 saturated heterocycles. The smallest absolute Gasteiger partial charge is 0.316 e. The number of hydrogen-bond acceptors (Lipinski definition) is 8. The average Bonchev–Trinajstić information content (AvgIpc) is 2.88. The highest BCUT2D eigenvalue weighted by molar-refractivity contribution is 5.97. The molecule has 0 saturated carbocycles. The minimum atomic E-state index is -0.0669. The van der Waals surface area contributed by atoms with Crippen molar-refractivity contribution < 1.29 is 9.53 Å². The van der Waals surface area contributed by atoms with E-state index in [1.807, 2.05) is 29.2 Å². The number of ether oxygens (including phenoxy) is 1. The van der Waals surface area contributed by atoms with Gasteiger partial charge in [-0.25, -0.2) is 19.9 Å². The monoisotopic (exact) mass is 427 g/mol. The molecule has 3 aromatic heterocycles. The van der Waals surface area contributed by atoms with Crippen LogP contribution in [0.1, 0.15) is 10.5 Å². The molecule has 0 unspecified atom stereocenters. The summed E-state index contributed by atoms with van der Waals surface area (Å²) in [5, 5.41) is 4.12. The Kier molecular flexibility index (Phi) is 5.39. The molecule has 1 aliphatic rings. The first-order valence-corrected chi connectivity index (χ1v) is 10.3. The topological polar surface area (TPSA) is 106 Å². The molecule has 4 heterocycles. The first-order chi connectivity index (χ1) is 15.7. The number of carbonyl (C=O) groups is 1. The second-order valence-corrected chi connectivity index (χ2v) is 7.38. The molecule has 0 bridgehead atoms. The summed E-state index contributed by atoms with van der Waals surface area (Å²) in [5.74, 6) is -0.0669. The lowest BCUT2D eigenvalue weighted by Gasteiger charge is -2.27. The number of pyridine rings is 1. The van der Waals surface area contributed by atoms with Crippen molar-refractivity contribution in [3.63, 3.8) is 0 Å². The van der Waals surface area contributed by atoms with Gasteiger partial charge in [0.05, 0.1) is 18.3 Å². The molecule has 0 atom stereocenters. The zero-order valence-electron chi connectivity index (χ0n) is 17.5. The molecule has 1 aromatic carbocycles. The number of rotatable bonds is 4. The van der Waals surface area contributed by atoms with E-state index in [1.54, 1.807) is 24.7 Å². The minimum Gasteiger partial charge on any atom is -0.467 e. The standard InChI is InChI=1S/C23H21N7O2/c1-32-23-26-12-17(13-27-23)15-2-3-19-18(10-15)21(29-14-28-19)16-4-5-25-20(11-16)22(31)30-8-6-24-7-9-30/h2-5,10-14,24H,6-9H2,1H3. The van der Waals surface area contributed by atoms with Crippen LogP contribution in [0.5, 0.6) is 6.01 Å². The van der Waals surface area contributed by atoms with Gasteiger partial charge in [0, 0.05) is 61.3 Å². The van der Waals surface area contributed by atoms with Gasteiger partial charge < -0.3 is 15.0 Å². The van der Waals surface area contributed by atoms with E-state index in [2.05, 4.69) is 30.2 Å². The van der Waals surface area contributed by atoms with Gasteiger partial charge in [0.25, 0.3) is 5.91 Å². The van der Waals surface area contributed by atoms with Crippen LogP contribution in [0.25, 0.3) is 33.3 Å². The number of carbonyl (C=O) groups excluding carboxylic acids is 1. The van der Waals surface area contributed by atoms with Crippen molar-refractivity contribution in [2.24, 2.45) is 0 Å². The highest BCUT2D eigenvalue weighted by atomic mass is 16.5. The van der Waals surface area contributed by atoms with Crippen LogP contribution in [0.15, 0.2) is 55.2 Å². The van der Waals surface area contributed by atoms with E-state index in [0.29, 0.717) is 24.8 Å². The number of nitrogens with one attached hydrogen (secondary N) is 1. The number of methoxy groups -OCH3 is 1. The summed E-state index contributed by atoms with van der Waals surface area (Å²) < 4.78 is 5.04. The lowest BCUT2D eigenvalue weighted by molar-refractivity contribution is 0.0730. The highest BCUT2D eigenvalue weighted by Gasteiger charge is 2.20. The Morgan fingerprint density at radius 1 is 0.938 bits per heavy atom. The van der Waals surface area contributed by atoms with Gasteiger partial charge in [0.2, 0.25) is 0 Å². The van der Waals surface area contributed by atoms with Gasteiger partial charge in [0.1, 0.15) is 12.0 Å². The Bertz CT molecular complexity index is 1270. The van der Waals surface area contributed by atoms with E-state index in [9.17, 15) is 4.79 Å². The predicted molar refractivity (Wildman–Crippen MR) is 119 cm³/mol. The molecule has 1 aliphatic heterocycles. The summed E-state index contributed by atoms with van der Waals surface area (Å²) in [6.45, 7) is 2.93. The van der Waals surface area contributed by atoms with Crippen molar-refractivity contribution in [1.29, 1.82) is 0 Å². The molecular weight excluding hydrogens is 406 g/mol. The first kappa shape index (κ1) is 20.0. The van der Waals surface area contributed by atoms with Crippen LogP contribution in [-0.2, 0) is 0 Å². The van der Waals surface area contributed by atoms with Gasteiger partial charge in [-0.3, -0.25) is 9.78 Å². The second kappa shape index (κ2) is 8.64. The number of fused-ring (bicyclic) bond motifs is 1. The summed E-state index contributed by atoms with van der Waals surface area (Å²) in [6.07, 6.45) is 6.62.